The lowest BCUT2D eigenvalue weighted by molar-refractivity contribution is 0.345. The van der Waals surface area contributed by atoms with Crippen LogP contribution in [0, 0.1) is 0 Å². The van der Waals surface area contributed by atoms with Gasteiger partial charge < -0.3 is 5.32 Å². The second-order valence-electron chi connectivity index (χ2n) is 4.55. The number of aromatic nitrogens is 2. The third-order valence-corrected chi connectivity index (χ3v) is 4.90. The Bertz CT molecular complexity index is 325. The molecule has 0 radical (unpaired) electrons. The molecule has 90 valence electrons. The number of aryl methyl sites for hydroxylation is 1. The first-order chi connectivity index (χ1) is 7.78. The Kier molecular flexibility index (Phi) is 3.92. The van der Waals surface area contributed by atoms with Gasteiger partial charge in [0.25, 0.3) is 0 Å². The van der Waals surface area contributed by atoms with Gasteiger partial charge in [-0.1, -0.05) is 6.42 Å². The van der Waals surface area contributed by atoms with E-state index in [9.17, 15) is 0 Å². The van der Waals surface area contributed by atoms with Crippen LogP contribution in [-0.2, 0) is 13.1 Å². The van der Waals surface area contributed by atoms with Crippen molar-refractivity contribution in [1.29, 1.82) is 0 Å². The van der Waals surface area contributed by atoms with Crippen LogP contribution in [0.4, 0.5) is 0 Å². The minimum Gasteiger partial charge on any atom is -0.311 e. The highest BCUT2D eigenvalue weighted by Gasteiger charge is 2.35. The maximum Gasteiger partial charge on any atom is 0.0534 e. The van der Waals surface area contributed by atoms with E-state index >= 15 is 0 Å². The van der Waals surface area contributed by atoms with Crippen molar-refractivity contribution in [2.45, 2.75) is 44.0 Å². The third kappa shape index (κ3) is 2.61. The van der Waals surface area contributed by atoms with Gasteiger partial charge >= 0.3 is 0 Å². The van der Waals surface area contributed by atoms with Crippen LogP contribution in [0.25, 0.3) is 0 Å². The van der Waals surface area contributed by atoms with E-state index in [4.69, 9.17) is 0 Å². The molecule has 1 aliphatic carbocycles. The summed E-state index contributed by atoms with van der Waals surface area (Å²) < 4.78 is 2.51. The van der Waals surface area contributed by atoms with Gasteiger partial charge in [-0.05, 0) is 26.0 Å². The molecule has 1 aromatic heterocycles. The number of thioether (sulfide) groups is 1. The second kappa shape index (κ2) is 5.23. The van der Waals surface area contributed by atoms with Crippen molar-refractivity contribution in [3.63, 3.8) is 0 Å². The first-order valence-electron chi connectivity index (χ1n) is 6.05. The van der Waals surface area contributed by atoms with E-state index in [0.717, 1.165) is 19.6 Å². The molecule has 0 unspecified atom stereocenters. The predicted molar refractivity (Wildman–Crippen MR) is 69.7 cm³/mol. The standard InChI is InChI=1S/C12H21N3S/c1-3-15-9-11(8-14-15)7-13-10-12(16-2)5-4-6-12/h8-9,13H,3-7,10H2,1-2H3. The highest BCUT2D eigenvalue weighted by atomic mass is 32.2. The van der Waals surface area contributed by atoms with Crippen LogP contribution < -0.4 is 5.32 Å². The maximum atomic E-state index is 4.28. The largest absolute Gasteiger partial charge is 0.311 e. The van der Waals surface area contributed by atoms with Gasteiger partial charge in [-0.2, -0.15) is 16.9 Å². The summed E-state index contributed by atoms with van der Waals surface area (Å²) in [6.07, 6.45) is 10.5. The van der Waals surface area contributed by atoms with Crippen LogP contribution in [0.15, 0.2) is 12.4 Å². The fourth-order valence-corrected chi connectivity index (χ4v) is 3.07. The van der Waals surface area contributed by atoms with E-state index in [-0.39, 0.29) is 0 Å². The third-order valence-electron chi connectivity index (χ3n) is 3.48. The summed E-state index contributed by atoms with van der Waals surface area (Å²) in [6, 6.07) is 0. The molecule has 3 nitrogen and oxygen atoms in total. The number of nitrogens with zero attached hydrogens (tertiary/aromatic N) is 2. The van der Waals surface area contributed by atoms with Gasteiger partial charge in [-0.25, -0.2) is 0 Å². The van der Waals surface area contributed by atoms with Crippen molar-refractivity contribution in [3.8, 4) is 0 Å². The first-order valence-corrected chi connectivity index (χ1v) is 7.28. The minimum absolute atomic E-state index is 0.529. The summed E-state index contributed by atoms with van der Waals surface area (Å²) in [5.41, 5.74) is 1.29. The van der Waals surface area contributed by atoms with Gasteiger partial charge in [-0.15, -0.1) is 0 Å². The van der Waals surface area contributed by atoms with Crippen LogP contribution in [-0.4, -0.2) is 27.3 Å². The molecule has 1 heterocycles. The monoisotopic (exact) mass is 239 g/mol. The van der Waals surface area contributed by atoms with Gasteiger partial charge in [0.2, 0.25) is 0 Å². The lowest BCUT2D eigenvalue weighted by Gasteiger charge is -2.40. The Morgan fingerprint density at radius 2 is 2.38 bits per heavy atom. The molecule has 16 heavy (non-hydrogen) atoms. The van der Waals surface area contributed by atoms with Crippen LogP contribution in [0.2, 0.25) is 0 Å². The van der Waals surface area contributed by atoms with Gasteiger partial charge in [0, 0.05) is 36.1 Å². The molecule has 0 aromatic carbocycles. The highest BCUT2D eigenvalue weighted by molar-refractivity contribution is 8.00. The Morgan fingerprint density at radius 3 is 2.88 bits per heavy atom. The van der Waals surface area contributed by atoms with Crippen molar-refractivity contribution in [2.24, 2.45) is 0 Å². The molecule has 1 saturated carbocycles. The summed E-state index contributed by atoms with van der Waals surface area (Å²) >= 11 is 2.02. The highest BCUT2D eigenvalue weighted by Crippen LogP contribution is 2.42. The summed E-state index contributed by atoms with van der Waals surface area (Å²) in [4.78, 5) is 0. The van der Waals surface area contributed by atoms with Crippen molar-refractivity contribution >= 4 is 11.8 Å². The predicted octanol–water partition coefficient (Wildman–Crippen LogP) is 2.28. The van der Waals surface area contributed by atoms with E-state index in [1.165, 1.54) is 24.8 Å². The summed E-state index contributed by atoms with van der Waals surface area (Å²) in [6.45, 7) is 5.14. The number of rotatable bonds is 6. The molecule has 4 heteroatoms. The van der Waals surface area contributed by atoms with Crippen LogP contribution in [0.1, 0.15) is 31.7 Å². The van der Waals surface area contributed by atoms with Gasteiger partial charge in [-0.3, -0.25) is 4.68 Å². The molecule has 0 spiro atoms. The quantitative estimate of drug-likeness (QED) is 0.826. The fraction of sp³-hybridized carbons (Fsp3) is 0.750. The second-order valence-corrected chi connectivity index (χ2v) is 5.82. The molecule has 0 bridgehead atoms. The normalized spacial score (nSPS) is 18.4. The Hall–Kier alpha value is -0.480. The van der Waals surface area contributed by atoms with Crippen molar-refractivity contribution in [3.05, 3.63) is 18.0 Å². The Balaban J connectivity index is 1.75. The number of hydrogen-bond donors (Lipinski definition) is 1. The van der Waals surface area contributed by atoms with E-state index < -0.39 is 0 Å². The van der Waals surface area contributed by atoms with Crippen molar-refractivity contribution < 1.29 is 0 Å². The zero-order valence-corrected chi connectivity index (χ0v) is 11.0. The molecule has 1 aliphatic rings. The zero-order chi connectivity index (χ0) is 11.4. The molecule has 1 fully saturated rings. The van der Waals surface area contributed by atoms with Crippen LogP contribution in [0.5, 0.6) is 0 Å². The topological polar surface area (TPSA) is 29.9 Å². The lowest BCUT2D eigenvalue weighted by atomic mass is 9.84. The summed E-state index contributed by atoms with van der Waals surface area (Å²) in [5, 5.41) is 7.83. The number of hydrogen-bond acceptors (Lipinski definition) is 3. The average Bonchev–Trinajstić information content (AvgIpc) is 2.70. The fourth-order valence-electron chi connectivity index (χ4n) is 2.13. The van der Waals surface area contributed by atoms with Gasteiger partial charge in [0.15, 0.2) is 0 Å². The summed E-state index contributed by atoms with van der Waals surface area (Å²) in [5.74, 6) is 0. The maximum absolute atomic E-state index is 4.28. The van der Waals surface area contributed by atoms with Crippen molar-refractivity contribution in [2.75, 3.05) is 12.8 Å². The Morgan fingerprint density at radius 1 is 1.56 bits per heavy atom. The Labute approximate surface area is 102 Å². The van der Waals surface area contributed by atoms with E-state index in [2.05, 4.69) is 29.8 Å². The van der Waals surface area contributed by atoms with Gasteiger partial charge in [0.05, 0.1) is 6.20 Å². The molecular formula is C12H21N3S. The average molecular weight is 239 g/mol. The SMILES string of the molecule is CCn1cc(CNCC2(SC)CCC2)cn1. The summed E-state index contributed by atoms with van der Waals surface area (Å²) in [7, 11) is 0. The lowest BCUT2D eigenvalue weighted by Crippen LogP contribution is -2.43. The molecule has 1 N–H and O–H groups in total. The zero-order valence-electron chi connectivity index (χ0n) is 10.2. The molecular weight excluding hydrogens is 218 g/mol. The minimum atomic E-state index is 0.529. The number of nitrogens with one attached hydrogen (secondary N) is 1. The van der Waals surface area contributed by atoms with Crippen LogP contribution in [0.3, 0.4) is 0 Å². The molecule has 0 saturated heterocycles. The molecule has 0 atom stereocenters. The first kappa shape index (κ1) is 12.0. The molecule has 1 aromatic rings. The van der Waals surface area contributed by atoms with E-state index in [0.29, 0.717) is 4.75 Å². The van der Waals surface area contributed by atoms with Crippen LogP contribution >= 0.6 is 11.8 Å². The molecule has 2 rings (SSSR count). The smallest absolute Gasteiger partial charge is 0.0534 e. The molecule has 0 amide bonds. The van der Waals surface area contributed by atoms with Gasteiger partial charge in [0.1, 0.15) is 0 Å². The van der Waals surface area contributed by atoms with E-state index in [1.54, 1.807) is 0 Å². The van der Waals surface area contributed by atoms with Crippen molar-refractivity contribution in [1.82, 2.24) is 15.1 Å². The van der Waals surface area contributed by atoms with E-state index in [1.807, 2.05) is 22.6 Å². The molecule has 0 aliphatic heterocycles.